The summed E-state index contributed by atoms with van der Waals surface area (Å²) in [6.07, 6.45) is -1.30. The summed E-state index contributed by atoms with van der Waals surface area (Å²) in [7, 11) is -1.12. The predicted octanol–water partition coefficient (Wildman–Crippen LogP) is 4.42. The maximum absolute atomic E-state index is 13.1. The lowest BCUT2D eigenvalue weighted by atomic mass is 9.98. The van der Waals surface area contributed by atoms with E-state index in [-0.39, 0.29) is 25.4 Å². The van der Waals surface area contributed by atoms with Crippen LogP contribution in [0.25, 0.3) is 0 Å². The summed E-state index contributed by atoms with van der Waals surface area (Å²) in [5, 5.41) is 9.08. The molecule has 226 valence electrons. The smallest absolute Gasteiger partial charge is 0.381 e. The normalized spacial score (nSPS) is 22.2. The molecule has 3 aliphatic rings. The summed E-state index contributed by atoms with van der Waals surface area (Å²) in [4.78, 5) is 12.2. The van der Waals surface area contributed by atoms with E-state index in [4.69, 9.17) is 19.4 Å². The fourth-order valence-electron chi connectivity index (χ4n) is 4.40. The monoisotopic (exact) mass is 582 g/mol. The number of hydrogen-bond acceptors (Lipinski definition) is 6. The van der Waals surface area contributed by atoms with E-state index in [1.165, 1.54) is 19.3 Å². The van der Waals surface area contributed by atoms with Gasteiger partial charge in [0, 0.05) is 46.1 Å². The van der Waals surface area contributed by atoms with Gasteiger partial charge in [-0.15, -0.1) is 0 Å². The van der Waals surface area contributed by atoms with E-state index in [0.29, 0.717) is 65.8 Å². The molecule has 2 N–H and O–H groups in total. The second-order valence-corrected chi connectivity index (χ2v) is 11.1. The van der Waals surface area contributed by atoms with Crippen LogP contribution in [0.15, 0.2) is 0 Å². The van der Waals surface area contributed by atoms with Gasteiger partial charge in [0.25, 0.3) is 5.91 Å². The van der Waals surface area contributed by atoms with Crippen LogP contribution in [0.1, 0.15) is 70.6 Å². The van der Waals surface area contributed by atoms with Gasteiger partial charge >= 0.3 is 6.18 Å². The summed E-state index contributed by atoms with van der Waals surface area (Å²) in [6.45, 7) is 3.90. The molecule has 3 rings (SSSR count). The Morgan fingerprint density at radius 1 is 1.05 bits per heavy atom. The van der Waals surface area contributed by atoms with Crippen molar-refractivity contribution >= 4 is 16.9 Å². The van der Waals surface area contributed by atoms with E-state index < -0.39 is 40.4 Å². The average molecular weight is 583 g/mol. The Balaban J connectivity index is 0.000000777. The Bertz CT molecular complexity index is 647. The quantitative estimate of drug-likeness (QED) is 0.171. The number of amides is 1. The van der Waals surface area contributed by atoms with Crippen molar-refractivity contribution in [3.8, 4) is 0 Å². The molecular formula is C24H43F5N2O6S. The van der Waals surface area contributed by atoms with Crippen molar-refractivity contribution in [2.75, 3.05) is 53.3 Å². The molecule has 2 atom stereocenters. The molecular weight excluding hydrogens is 539 g/mol. The number of unbranched alkanes of at least 4 members (excludes halogenated alkanes) is 2. The zero-order valence-corrected chi connectivity index (χ0v) is 22.9. The molecule has 0 radical (unpaired) electrons. The molecule has 0 bridgehead atoms. The highest BCUT2D eigenvalue weighted by molar-refractivity contribution is 7.85. The number of alkyl halides is 5. The van der Waals surface area contributed by atoms with Crippen LogP contribution in [-0.4, -0.2) is 96.1 Å². The number of hydrogen-bond donors (Lipinski definition) is 2. The number of carbonyl (C=O) groups is 1. The van der Waals surface area contributed by atoms with Crippen molar-refractivity contribution in [2.45, 2.75) is 93.8 Å². The van der Waals surface area contributed by atoms with Gasteiger partial charge in [-0.25, -0.2) is 18.4 Å². The van der Waals surface area contributed by atoms with Crippen LogP contribution in [0, 0.1) is 0 Å². The van der Waals surface area contributed by atoms with E-state index in [1.54, 1.807) is 9.79 Å². The van der Waals surface area contributed by atoms with Crippen molar-refractivity contribution < 1.29 is 50.4 Å². The Labute approximate surface area is 224 Å². The second-order valence-electron chi connectivity index (χ2n) is 9.33. The van der Waals surface area contributed by atoms with Crippen molar-refractivity contribution in [3.63, 3.8) is 0 Å². The number of carbonyl (C=O) groups excluding carboxylic acids is 1. The Kier molecular flexibility index (Phi) is 17.7. The molecule has 38 heavy (non-hydrogen) atoms. The van der Waals surface area contributed by atoms with E-state index in [1.807, 2.05) is 0 Å². The summed E-state index contributed by atoms with van der Waals surface area (Å²) >= 11 is 0. The summed E-state index contributed by atoms with van der Waals surface area (Å²) < 4.78 is 88.3. The molecule has 0 aromatic rings. The Morgan fingerprint density at radius 2 is 1.63 bits per heavy atom. The zero-order chi connectivity index (χ0) is 28.4. The van der Waals surface area contributed by atoms with Crippen LogP contribution in [0.3, 0.4) is 0 Å². The standard InChI is InChI=1S/C18H30F4N2O5S.C5H10O.CH3F/c19-15(18(20,21)22)4-2-1-3-11-29-14-5-9-24(10-6-14)30(27)17(16(25)23-26)7-12-28-13-8-17;1-2-4-6-5-3-1;1-2/h14-15,26H,1-13H2,(H,23,25);1-5H2;1H3. The minimum absolute atomic E-state index is 0.0559. The number of nitrogens with one attached hydrogen (secondary N) is 1. The van der Waals surface area contributed by atoms with E-state index in [9.17, 15) is 31.0 Å². The van der Waals surface area contributed by atoms with Crippen molar-refractivity contribution in [1.29, 1.82) is 0 Å². The van der Waals surface area contributed by atoms with Crippen LogP contribution in [0.2, 0.25) is 0 Å². The number of rotatable bonds is 10. The van der Waals surface area contributed by atoms with Gasteiger partial charge < -0.3 is 14.2 Å². The molecule has 0 spiro atoms. The number of nitrogens with zero attached hydrogens (tertiary/aromatic N) is 1. The lowest BCUT2D eigenvalue weighted by Crippen LogP contribution is -2.57. The lowest BCUT2D eigenvalue weighted by molar-refractivity contribution is -0.182. The fourth-order valence-corrected chi connectivity index (χ4v) is 6.16. The van der Waals surface area contributed by atoms with Gasteiger partial charge in [0.1, 0.15) is 15.7 Å². The third kappa shape index (κ3) is 12.1. The highest BCUT2D eigenvalue weighted by Crippen LogP contribution is 2.32. The Morgan fingerprint density at radius 3 is 2.11 bits per heavy atom. The molecule has 3 aliphatic heterocycles. The van der Waals surface area contributed by atoms with Crippen LogP contribution in [0.4, 0.5) is 22.0 Å². The van der Waals surface area contributed by atoms with Crippen LogP contribution >= 0.6 is 0 Å². The SMILES string of the molecule is C1CCOCC1.CF.O=C(NO)C1(S(=O)N2CCC(OCCCCCC(F)C(F)(F)F)CC2)CCOCC1. The zero-order valence-electron chi connectivity index (χ0n) is 22.1. The topological polar surface area (TPSA) is 97.3 Å². The van der Waals surface area contributed by atoms with E-state index >= 15 is 0 Å². The lowest BCUT2D eigenvalue weighted by Gasteiger charge is -2.40. The predicted molar refractivity (Wildman–Crippen MR) is 133 cm³/mol. The van der Waals surface area contributed by atoms with E-state index in [2.05, 4.69) is 0 Å². The molecule has 8 nitrogen and oxygen atoms in total. The van der Waals surface area contributed by atoms with E-state index in [0.717, 1.165) is 13.2 Å². The summed E-state index contributed by atoms with van der Waals surface area (Å²) in [6, 6.07) is 0. The molecule has 0 aromatic carbocycles. The average Bonchev–Trinajstić information content (AvgIpc) is 2.96. The fraction of sp³-hybridized carbons (Fsp3) is 0.958. The third-order valence-corrected chi connectivity index (χ3v) is 8.77. The molecule has 2 unspecified atom stereocenters. The molecule has 14 heteroatoms. The van der Waals surface area contributed by atoms with Gasteiger partial charge in [-0.2, -0.15) is 13.2 Å². The first kappa shape index (κ1) is 35.1. The number of piperidine rings is 1. The highest BCUT2D eigenvalue weighted by atomic mass is 32.2. The number of ether oxygens (including phenoxy) is 3. The van der Waals surface area contributed by atoms with Gasteiger partial charge in [0.05, 0.1) is 13.3 Å². The highest BCUT2D eigenvalue weighted by Gasteiger charge is 2.48. The second kappa shape index (κ2) is 19.2. The first-order valence-corrected chi connectivity index (χ1v) is 14.3. The van der Waals surface area contributed by atoms with Gasteiger partial charge in [0.2, 0.25) is 0 Å². The molecule has 0 aliphatic carbocycles. The molecule has 3 fully saturated rings. The van der Waals surface area contributed by atoms with Gasteiger partial charge in [-0.1, -0.05) is 12.8 Å². The Hall–Kier alpha value is -0.930. The third-order valence-electron chi connectivity index (χ3n) is 6.67. The van der Waals surface area contributed by atoms with Gasteiger partial charge in [0.15, 0.2) is 6.17 Å². The van der Waals surface area contributed by atoms with Gasteiger partial charge in [-0.05, 0) is 57.8 Å². The van der Waals surface area contributed by atoms with Crippen molar-refractivity contribution in [3.05, 3.63) is 0 Å². The first-order chi connectivity index (χ1) is 18.2. The minimum Gasteiger partial charge on any atom is -0.381 e. The number of hydroxylamine groups is 1. The van der Waals surface area contributed by atoms with Crippen molar-refractivity contribution in [1.82, 2.24) is 9.79 Å². The number of halogens is 5. The summed E-state index contributed by atoms with van der Waals surface area (Å²) in [5.74, 6) is -0.663. The molecule has 0 aromatic heterocycles. The minimum atomic E-state index is -4.79. The first-order valence-electron chi connectivity index (χ1n) is 13.2. The maximum Gasteiger partial charge on any atom is 0.419 e. The largest absolute Gasteiger partial charge is 0.419 e. The van der Waals surface area contributed by atoms with Gasteiger partial charge in [-0.3, -0.25) is 14.4 Å². The van der Waals surface area contributed by atoms with Crippen LogP contribution in [0.5, 0.6) is 0 Å². The molecule has 1 amide bonds. The van der Waals surface area contributed by atoms with Crippen LogP contribution < -0.4 is 5.48 Å². The molecule has 3 saturated heterocycles. The molecule has 3 heterocycles. The van der Waals surface area contributed by atoms with Crippen LogP contribution in [-0.2, 0) is 30.0 Å². The maximum atomic E-state index is 13.1. The van der Waals surface area contributed by atoms with Crippen molar-refractivity contribution in [2.24, 2.45) is 0 Å². The summed E-state index contributed by atoms with van der Waals surface area (Å²) in [5.41, 5.74) is 1.64. The molecule has 0 saturated carbocycles.